The zero-order chi connectivity index (χ0) is 8.97. The minimum absolute atomic E-state index is 1.10. The Balaban J connectivity index is 2.94. The highest BCUT2D eigenvalue weighted by Crippen LogP contribution is 2.12. The molecular formula is C12H16. The first-order chi connectivity index (χ1) is 5.74. The van der Waals surface area contributed by atoms with Gasteiger partial charge >= 0.3 is 0 Å². The average Bonchev–Trinajstić information content (AvgIpc) is 2.03. The molecule has 0 fully saturated rings. The van der Waals surface area contributed by atoms with Gasteiger partial charge in [-0.2, -0.15) is 0 Å². The molecule has 0 amide bonds. The standard InChI is InChI=1S/C12H16/c1-4-5-6-12-8-7-10(2)9-11(12)3/h5-9H,4H2,1-3H3/b6-5+. The summed E-state index contributed by atoms with van der Waals surface area (Å²) in [6, 6.07) is 6.55. The van der Waals surface area contributed by atoms with Gasteiger partial charge in [0.2, 0.25) is 0 Å². The summed E-state index contributed by atoms with van der Waals surface area (Å²) in [6.45, 7) is 6.43. The predicted octanol–water partition coefficient (Wildman–Crippen LogP) is 3.73. The van der Waals surface area contributed by atoms with Crippen LogP contribution < -0.4 is 0 Å². The van der Waals surface area contributed by atoms with Gasteiger partial charge in [0.1, 0.15) is 0 Å². The van der Waals surface area contributed by atoms with Crippen molar-refractivity contribution in [3.8, 4) is 0 Å². The van der Waals surface area contributed by atoms with E-state index in [1.54, 1.807) is 0 Å². The third-order valence-corrected chi connectivity index (χ3v) is 1.96. The number of benzene rings is 1. The van der Waals surface area contributed by atoms with Crippen molar-refractivity contribution in [2.45, 2.75) is 27.2 Å². The third kappa shape index (κ3) is 2.23. The molecule has 0 N–H and O–H groups in total. The van der Waals surface area contributed by atoms with E-state index in [0.717, 1.165) is 6.42 Å². The van der Waals surface area contributed by atoms with E-state index < -0.39 is 0 Å². The lowest BCUT2D eigenvalue weighted by Crippen LogP contribution is -1.81. The molecule has 0 aliphatic rings. The Hall–Kier alpha value is -1.04. The van der Waals surface area contributed by atoms with Crippen LogP contribution in [-0.2, 0) is 0 Å². The summed E-state index contributed by atoms with van der Waals surface area (Å²) >= 11 is 0. The van der Waals surface area contributed by atoms with Crippen LogP contribution in [0.2, 0.25) is 0 Å². The van der Waals surface area contributed by atoms with Crippen molar-refractivity contribution in [3.63, 3.8) is 0 Å². The van der Waals surface area contributed by atoms with Crippen molar-refractivity contribution in [2.24, 2.45) is 0 Å². The van der Waals surface area contributed by atoms with E-state index in [1.165, 1.54) is 16.7 Å². The van der Waals surface area contributed by atoms with Gasteiger partial charge in [-0.1, -0.05) is 42.8 Å². The van der Waals surface area contributed by atoms with E-state index in [0.29, 0.717) is 0 Å². The van der Waals surface area contributed by atoms with Crippen LogP contribution >= 0.6 is 0 Å². The molecule has 0 aliphatic carbocycles. The first kappa shape index (κ1) is 9.05. The largest absolute Gasteiger partial charge is 0.0842 e. The molecule has 0 saturated heterocycles. The molecular weight excluding hydrogens is 144 g/mol. The van der Waals surface area contributed by atoms with Crippen molar-refractivity contribution >= 4 is 6.08 Å². The zero-order valence-corrected chi connectivity index (χ0v) is 8.09. The van der Waals surface area contributed by atoms with Crippen LogP contribution in [-0.4, -0.2) is 0 Å². The fraction of sp³-hybridized carbons (Fsp3) is 0.333. The normalized spacial score (nSPS) is 10.9. The Morgan fingerprint density at radius 3 is 2.58 bits per heavy atom. The van der Waals surface area contributed by atoms with E-state index >= 15 is 0 Å². The molecule has 1 aromatic carbocycles. The molecule has 0 spiro atoms. The summed E-state index contributed by atoms with van der Waals surface area (Å²) in [5.41, 5.74) is 4.03. The number of aryl methyl sites for hydroxylation is 2. The molecule has 0 radical (unpaired) electrons. The quantitative estimate of drug-likeness (QED) is 0.618. The fourth-order valence-electron chi connectivity index (χ4n) is 1.26. The van der Waals surface area contributed by atoms with E-state index in [4.69, 9.17) is 0 Å². The molecule has 0 nitrogen and oxygen atoms in total. The topological polar surface area (TPSA) is 0 Å². The lowest BCUT2D eigenvalue weighted by molar-refractivity contribution is 1.23. The van der Waals surface area contributed by atoms with Gasteiger partial charge < -0.3 is 0 Å². The van der Waals surface area contributed by atoms with Crippen LogP contribution in [0, 0.1) is 13.8 Å². The van der Waals surface area contributed by atoms with Gasteiger partial charge in [0.15, 0.2) is 0 Å². The van der Waals surface area contributed by atoms with Gasteiger partial charge in [0, 0.05) is 0 Å². The van der Waals surface area contributed by atoms with Crippen LogP contribution in [0.1, 0.15) is 30.0 Å². The van der Waals surface area contributed by atoms with Gasteiger partial charge in [-0.15, -0.1) is 0 Å². The van der Waals surface area contributed by atoms with E-state index in [1.807, 2.05) is 0 Å². The molecule has 0 heterocycles. The molecule has 0 aromatic heterocycles. The second-order valence-electron chi connectivity index (χ2n) is 3.17. The monoisotopic (exact) mass is 160 g/mol. The molecule has 12 heavy (non-hydrogen) atoms. The average molecular weight is 160 g/mol. The highest BCUT2D eigenvalue weighted by Gasteiger charge is 1.92. The molecule has 1 rings (SSSR count). The zero-order valence-electron chi connectivity index (χ0n) is 8.09. The van der Waals surface area contributed by atoms with Crippen molar-refractivity contribution < 1.29 is 0 Å². The Morgan fingerprint density at radius 2 is 2.00 bits per heavy atom. The van der Waals surface area contributed by atoms with Gasteiger partial charge in [-0.05, 0) is 31.4 Å². The fourth-order valence-corrected chi connectivity index (χ4v) is 1.26. The molecule has 0 heteroatoms. The van der Waals surface area contributed by atoms with Crippen LogP contribution in [0.25, 0.3) is 6.08 Å². The minimum Gasteiger partial charge on any atom is -0.0842 e. The minimum atomic E-state index is 1.10. The second kappa shape index (κ2) is 4.10. The molecule has 0 bridgehead atoms. The van der Waals surface area contributed by atoms with E-state index in [2.05, 4.69) is 51.1 Å². The highest BCUT2D eigenvalue weighted by atomic mass is 14.0. The van der Waals surface area contributed by atoms with Gasteiger partial charge in [0.25, 0.3) is 0 Å². The van der Waals surface area contributed by atoms with Crippen molar-refractivity contribution in [3.05, 3.63) is 41.0 Å². The van der Waals surface area contributed by atoms with Crippen molar-refractivity contribution in [2.75, 3.05) is 0 Å². The Labute approximate surface area is 74.9 Å². The van der Waals surface area contributed by atoms with E-state index in [9.17, 15) is 0 Å². The van der Waals surface area contributed by atoms with Crippen LogP contribution in [0.5, 0.6) is 0 Å². The van der Waals surface area contributed by atoms with Gasteiger partial charge in [0.05, 0.1) is 0 Å². The van der Waals surface area contributed by atoms with Crippen LogP contribution in [0.3, 0.4) is 0 Å². The molecule has 0 aliphatic heterocycles. The highest BCUT2D eigenvalue weighted by molar-refractivity contribution is 5.54. The summed E-state index contributed by atoms with van der Waals surface area (Å²) in [5, 5.41) is 0. The maximum absolute atomic E-state index is 2.22. The third-order valence-electron chi connectivity index (χ3n) is 1.96. The molecule has 0 unspecified atom stereocenters. The number of hydrogen-bond acceptors (Lipinski definition) is 0. The smallest absolute Gasteiger partial charge is 0.0230 e. The number of hydrogen-bond donors (Lipinski definition) is 0. The molecule has 0 atom stereocenters. The van der Waals surface area contributed by atoms with Crippen LogP contribution in [0.4, 0.5) is 0 Å². The summed E-state index contributed by atoms with van der Waals surface area (Å²) in [5.74, 6) is 0. The maximum Gasteiger partial charge on any atom is -0.0230 e. The Kier molecular flexibility index (Phi) is 3.09. The lowest BCUT2D eigenvalue weighted by atomic mass is 10.1. The van der Waals surface area contributed by atoms with Gasteiger partial charge in [-0.3, -0.25) is 0 Å². The number of allylic oxidation sites excluding steroid dienone is 1. The lowest BCUT2D eigenvalue weighted by Gasteiger charge is -2.00. The SMILES string of the molecule is CC/C=C/c1ccc(C)cc1C. The molecule has 0 saturated carbocycles. The van der Waals surface area contributed by atoms with E-state index in [-0.39, 0.29) is 0 Å². The maximum atomic E-state index is 2.22. The summed E-state index contributed by atoms with van der Waals surface area (Å²) < 4.78 is 0. The summed E-state index contributed by atoms with van der Waals surface area (Å²) in [4.78, 5) is 0. The molecule has 64 valence electrons. The summed E-state index contributed by atoms with van der Waals surface area (Å²) in [6.07, 6.45) is 5.49. The predicted molar refractivity (Wildman–Crippen MR) is 55.2 cm³/mol. The van der Waals surface area contributed by atoms with Crippen molar-refractivity contribution in [1.82, 2.24) is 0 Å². The summed E-state index contributed by atoms with van der Waals surface area (Å²) in [7, 11) is 0. The van der Waals surface area contributed by atoms with Crippen LogP contribution in [0.15, 0.2) is 24.3 Å². The Morgan fingerprint density at radius 1 is 1.25 bits per heavy atom. The van der Waals surface area contributed by atoms with Gasteiger partial charge in [-0.25, -0.2) is 0 Å². The molecule has 1 aromatic rings. The Bertz CT molecular complexity index is 282. The first-order valence-corrected chi connectivity index (χ1v) is 4.48. The second-order valence-corrected chi connectivity index (χ2v) is 3.17. The van der Waals surface area contributed by atoms with Crippen molar-refractivity contribution in [1.29, 1.82) is 0 Å². The number of rotatable bonds is 2. The first-order valence-electron chi connectivity index (χ1n) is 4.48.